The molecule has 0 unspecified atom stereocenters. The highest BCUT2D eigenvalue weighted by atomic mass is 16.3. The summed E-state index contributed by atoms with van der Waals surface area (Å²) in [5.74, 6) is 0.657. The molecule has 0 bridgehead atoms. The highest BCUT2D eigenvalue weighted by Crippen LogP contribution is 2.44. The number of fused-ring (bicyclic) bond motifs is 1. The maximum absolute atomic E-state index is 13.4. The number of amides is 1. The number of carbonyl (C=O) groups excluding carboxylic acids is 1. The summed E-state index contributed by atoms with van der Waals surface area (Å²) in [4.78, 5) is 24.5. The maximum Gasteiger partial charge on any atom is 0.253 e. The van der Waals surface area contributed by atoms with Gasteiger partial charge in [-0.1, -0.05) is 42.5 Å². The molecule has 2 N–H and O–H groups in total. The van der Waals surface area contributed by atoms with Crippen LogP contribution < -0.4 is 10.6 Å². The maximum atomic E-state index is 13.4. The van der Waals surface area contributed by atoms with E-state index >= 15 is 0 Å². The molecule has 1 amide bonds. The van der Waals surface area contributed by atoms with Crippen LogP contribution in [0.4, 0.5) is 5.69 Å². The Morgan fingerprint density at radius 3 is 2.54 bits per heavy atom. The van der Waals surface area contributed by atoms with Gasteiger partial charge in [0, 0.05) is 82.1 Å². The Balaban J connectivity index is 1.41. The molecule has 2 fully saturated rings. The van der Waals surface area contributed by atoms with Crippen LogP contribution in [0.1, 0.15) is 15.9 Å². The second-order valence-electron chi connectivity index (χ2n) is 10.7. The number of hydrogen-bond acceptors (Lipinski definition) is 8. The summed E-state index contributed by atoms with van der Waals surface area (Å²) < 4.78 is 6.46. The average Bonchev–Trinajstić information content (AvgIpc) is 3.42. The third kappa shape index (κ3) is 5.68. The molecule has 2 aromatic carbocycles. The minimum absolute atomic E-state index is 0.0254. The van der Waals surface area contributed by atoms with E-state index in [1.165, 1.54) is 0 Å². The van der Waals surface area contributed by atoms with E-state index in [2.05, 4.69) is 38.5 Å². The van der Waals surface area contributed by atoms with Crippen molar-refractivity contribution < 1.29 is 9.21 Å². The number of benzene rings is 2. The van der Waals surface area contributed by atoms with E-state index in [0.717, 1.165) is 73.6 Å². The van der Waals surface area contributed by atoms with Crippen molar-refractivity contribution in [1.29, 1.82) is 5.26 Å². The van der Waals surface area contributed by atoms with E-state index < -0.39 is 0 Å². The first kappa shape index (κ1) is 27.0. The van der Waals surface area contributed by atoms with Crippen LogP contribution in [0.15, 0.2) is 65.2 Å². The summed E-state index contributed by atoms with van der Waals surface area (Å²) in [6.07, 6.45) is 1.57. The number of carbonyl (C=O) groups is 1. The lowest BCUT2D eigenvalue weighted by atomic mass is 9.96. The number of aromatic nitrogens is 1. The zero-order valence-electron chi connectivity index (χ0n) is 23.4. The molecule has 0 radical (unpaired) electrons. The number of nitriles is 1. The van der Waals surface area contributed by atoms with Crippen LogP contribution in [0.25, 0.3) is 33.6 Å². The molecule has 210 valence electrons. The Morgan fingerprint density at radius 2 is 1.78 bits per heavy atom. The molecular weight excluding hydrogens is 514 g/mol. The lowest BCUT2D eigenvalue weighted by Gasteiger charge is -2.32. The predicted octanol–water partition coefficient (Wildman–Crippen LogP) is 3.74. The Morgan fingerprint density at radius 1 is 1.02 bits per heavy atom. The molecule has 2 saturated heterocycles. The number of piperazine rings is 2. The van der Waals surface area contributed by atoms with Crippen LogP contribution in [0.5, 0.6) is 0 Å². The molecule has 2 aliphatic rings. The number of nitrogens with zero attached hydrogens (tertiary/aromatic N) is 5. The van der Waals surface area contributed by atoms with Crippen LogP contribution >= 0.6 is 0 Å². The third-order valence-corrected chi connectivity index (χ3v) is 8.00. The van der Waals surface area contributed by atoms with Crippen LogP contribution in [-0.2, 0) is 0 Å². The SMILES string of the molecule is CN1CCN(C(=O)c2cccc(-c3oc4ncc(C#N)c(NCCN5CCNCC5)c4c3-c3ccccc3)c2)CC1. The second-order valence-corrected chi connectivity index (χ2v) is 10.7. The minimum Gasteiger partial charge on any atom is -0.437 e. The highest BCUT2D eigenvalue weighted by Gasteiger charge is 2.25. The van der Waals surface area contributed by atoms with Crippen molar-refractivity contribution in [1.82, 2.24) is 25.0 Å². The molecule has 0 saturated carbocycles. The van der Waals surface area contributed by atoms with Crippen LogP contribution in [-0.4, -0.2) is 98.1 Å². The molecule has 9 heteroatoms. The number of anilines is 1. The van der Waals surface area contributed by atoms with Crippen molar-refractivity contribution in [3.63, 3.8) is 0 Å². The van der Waals surface area contributed by atoms with Gasteiger partial charge in [0.05, 0.1) is 22.8 Å². The van der Waals surface area contributed by atoms with Crippen molar-refractivity contribution in [2.75, 3.05) is 77.8 Å². The number of pyridine rings is 1. The first-order valence-corrected chi connectivity index (χ1v) is 14.3. The van der Waals surface area contributed by atoms with E-state index in [1.54, 1.807) is 6.20 Å². The zero-order valence-corrected chi connectivity index (χ0v) is 23.4. The van der Waals surface area contributed by atoms with Gasteiger partial charge in [-0.25, -0.2) is 4.98 Å². The number of rotatable bonds is 7. The first-order chi connectivity index (χ1) is 20.1. The van der Waals surface area contributed by atoms with Crippen LogP contribution in [0.2, 0.25) is 0 Å². The molecule has 6 rings (SSSR count). The van der Waals surface area contributed by atoms with Gasteiger partial charge in [-0.05, 0) is 24.7 Å². The molecule has 4 aromatic rings. The fraction of sp³-hybridized carbons (Fsp3) is 0.344. The summed E-state index contributed by atoms with van der Waals surface area (Å²) in [6, 6.07) is 20.0. The van der Waals surface area contributed by atoms with Crippen molar-refractivity contribution in [3.8, 4) is 28.5 Å². The molecule has 2 aliphatic heterocycles. The fourth-order valence-corrected chi connectivity index (χ4v) is 5.68. The minimum atomic E-state index is 0.0254. The van der Waals surface area contributed by atoms with Gasteiger partial charge < -0.3 is 24.9 Å². The summed E-state index contributed by atoms with van der Waals surface area (Å²) in [6.45, 7) is 8.71. The highest BCUT2D eigenvalue weighted by molar-refractivity contribution is 6.08. The van der Waals surface area contributed by atoms with Gasteiger partial charge in [0.1, 0.15) is 11.8 Å². The quantitative estimate of drug-likeness (QED) is 0.360. The zero-order chi connectivity index (χ0) is 28.2. The number of furan rings is 1. The second kappa shape index (κ2) is 12.1. The van der Waals surface area contributed by atoms with E-state index in [1.807, 2.05) is 59.5 Å². The normalized spacial score (nSPS) is 16.5. The van der Waals surface area contributed by atoms with E-state index in [4.69, 9.17) is 4.42 Å². The molecular formula is C32H35N7O2. The molecule has 9 nitrogen and oxygen atoms in total. The number of nitrogens with one attached hydrogen (secondary N) is 2. The lowest BCUT2D eigenvalue weighted by Crippen LogP contribution is -2.47. The van der Waals surface area contributed by atoms with Crippen LogP contribution in [0, 0.1) is 11.3 Å². The van der Waals surface area contributed by atoms with Gasteiger partial charge in [0.25, 0.3) is 5.91 Å². The summed E-state index contributed by atoms with van der Waals surface area (Å²) in [5.41, 5.74) is 4.91. The Hall–Kier alpha value is -4.23. The van der Waals surface area contributed by atoms with Crippen molar-refractivity contribution >= 4 is 22.7 Å². The Kier molecular flexibility index (Phi) is 7.96. The number of likely N-dealkylation sites (N-methyl/N-ethyl adjacent to an activating group) is 1. The largest absolute Gasteiger partial charge is 0.437 e. The number of hydrogen-bond donors (Lipinski definition) is 2. The monoisotopic (exact) mass is 549 g/mol. The topological polar surface area (TPSA) is 101 Å². The smallest absolute Gasteiger partial charge is 0.253 e. The van der Waals surface area contributed by atoms with E-state index in [-0.39, 0.29) is 5.91 Å². The fourth-order valence-electron chi connectivity index (χ4n) is 5.68. The van der Waals surface area contributed by atoms with Gasteiger partial charge in [-0.3, -0.25) is 9.69 Å². The molecule has 4 heterocycles. The first-order valence-electron chi connectivity index (χ1n) is 14.3. The molecule has 41 heavy (non-hydrogen) atoms. The Bertz CT molecular complexity index is 1560. The standard InChI is InChI=1S/C32H35N7O2/c1-37-16-18-39(19-17-37)32(40)25-9-5-8-24(20-25)30-27(23-6-3-2-4-7-23)28-29(26(21-33)22-36-31(28)41-30)35-12-15-38-13-10-34-11-14-38/h2-9,20,22,34H,10-19H2,1H3,(H,35,36). The molecule has 2 aromatic heterocycles. The van der Waals surface area contributed by atoms with Crippen molar-refractivity contribution in [2.24, 2.45) is 0 Å². The molecule has 0 atom stereocenters. The van der Waals surface area contributed by atoms with Crippen molar-refractivity contribution in [2.45, 2.75) is 0 Å². The molecule has 0 spiro atoms. The summed E-state index contributed by atoms with van der Waals surface area (Å²) in [7, 11) is 2.08. The summed E-state index contributed by atoms with van der Waals surface area (Å²) in [5, 5.41) is 17.7. The third-order valence-electron chi connectivity index (χ3n) is 8.00. The van der Waals surface area contributed by atoms with Crippen LogP contribution in [0.3, 0.4) is 0 Å². The summed E-state index contributed by atoms with van der Waals surface area (Å²) >= 11 is 0. The van der Waals surface area contributed by atoms with Gasteiger partial charge in [-0.15, -0.1) is 0 Å². The van der Waals surface area contributed by atoms with Crippen molar-refractivity contribution in [3.05, 3.63) is 71.9 Å². The van der Waals surface area contributed by atoms with Gasteiger partial charge in [0.15, 0.2) is 0 Å². The predicted molar refractivity (Wildman–Crippen MR) is 161 cm³/mol. The Labute approximate surface area is 240 Å². The van der Waals surface area contributed by atoms with Gasteiger partial charge in [0.2, 0.25) is 5.71 Å². The van der Waals surface area contributed by atoms with E-state index in [0.29, 0.717) is 42.2 Å². The van der Waals surface area contributed by atoms with Gasteiger partial charge in [-0.2, -0.15) is 5.26 Å². The average molecular weight is 550 g/mol. The van der Waals surface area contributed by atoms with Gasteiger partial charge >= 0.3 is 0 Å². The van der Waals surface area contributed by atoms with E-state index in [9.17, 15) is 10.1 Å². The molecule has 0 aliphatic carbocycles. The lowest BCUT2D eigenvalue weighted by molar-refractivity contribution is 0.0664.